The van der Waals surface area contributed by atoms with Crippen LogP contribution in [-0.2, 0) is 9.53 Å². The Balaban J connectivity index is 0.000000281. The van der Waals surface area contributed by atoms with Crippen LogP contribution in [0.15, 0.2) is 24.3 Å². The SMILES string of the molecule is CNCC(NC=O)C(O)C1CCCCC1.COCCCCCC(c1cccc(Cl)c1)C1CCCN(C)C1. The van der Waals surface area contributed by atoms with Crippen molar-refractivity contribution in [3.8, 4) is 0 Å². The minimum atomic E-state index is -0.414. The van der Waals surface area contributed by atoms with Crippen LogP contribution in [0.4, 0.5) is 0 Å². The van der Waals surface area contributed by atoms with Gasteiger partial charge in [0.05, 0.1) is 12.1 Å². The lowest BCUT2D eigenvalue weighted by Crippen LogP contribution is -2.49. The molecule has 2 fully saturated rings. The van der Waals surface area contributed by atoms with Crippen molar-refractivity contribution < 1.29 is 14.6 Å². The first-order chi connectivity index (χ1) is 18.0. The number of aliphatic hydroxyl groups is 1. The largest absolute Gasteiger partial charge is 0.391 e. The number of aliphatic hydroxyl groups excluding tert-OH is 1. The molecule has 37 heavy (non-hydrogen) atoms. The van der Waals surface area contributed by atoms with E-state index in [0.29, 0.717) is 24.8 Å². The van der Waals surface area contributed by atoms with Crippen molar-refractivity contribution in [2.24, 2.45) is 11.8 Å². The lowest BCUT2D eigenvalue weighted by Gasteiger charge is -2.35. The molecule has 6 nitrogen and oxygen atoms in total. The summed E-state index contributed by atoms with van der Waals surface area (Å²) >= 11 is 6.23. The van der Waals surface area contributed by atoms with E-state index in [1.54, 1.807) is 7.11 Å². The van der Waals surface area contributed by atoms with Crippen LogP contribution in [0.3, 0.4) is 0 Å². The summed E-state index contributed by atoms with van der Waals surface area (Å²) in [7, 11) is 5.86. The Morgan fingerprint density at radius 3 is 2.54 bits per heavy atom. The Morgan fingerprint density at radius 1 is 1.14 bits per heavy atom. The van der Waals surface area contributed by atoms with Crippen LogP contribution in [0, 0.1) is 11.8 Å². The third-order valence-corrected chi connectivity index (χ3v) is 8.36. The molecule has 1 aliphatic heterocycles. The molecule has 1 saturated heterocycles. The molecule has 3 N–H and O–H groups in total. The number of likely N-dealkylation sites (N-methyl/N-ethyl adjacent to an activating group) is 1. The number of amides is 1. The third kappa shape index (κ3) is 12.0. The summed E-state index contributed by atoms with van der Waals surface area (Å²) in [6.07, 6.45) is 13.8. The highest BCUT2D eigenvalue weighted by Gasteiger charge is 2.28. The molecule has 1 aromatic carbocycles. The summed E-state index contributed by atoms with van der Waals surface area (Å²) in [6, 6.07) is 8.36. The number of likely N-dealkylation sites (tertiary alicyclic amines) is 1. The highest BCUT2D eigenvalue weighted by molar-refractivity contribution is 6.30. The van der Waals surface area contributed by atoms with E-state index in [4.69, 9.17) is 16.3 Å². The van der Waals surface area contributed by atoms with Gasteiger partial charge in [-0.3, -0.25) is 4.79 Å². The molecule has 1 aliphatic carbocycles. The zero-order valence-corrected chi connectivity index (χ0v) is 24.2. The Labute approximate surface area is 230 Å². The number of nitrogens with zero attached hydrogens (tertiary/aromatic N) is 1. The summed E-state index contributed by atoms with van der Waals surface area (Å²) in [5.41, 5.74) is 1.43. The fraction of sp³-hybridized carbons (Fsp3) is 0.767. The lowest BCUT2D eigenvalue weighted by atomic mass is 9.78. The zero-order chi connectivity index (χ0) is 26.9. The van der Waals surface area contributed by atoms with Crippen molar-refractivity contribution in [3.05, 3.63) is 34.9 Å². The zero-order valence-electron chi connectivity index (χ0n) is 23.5. The molecular weight excluding hydrogens is 486 g/mol. The van der Waals surface area contributed by atoms with Gasteiger partial charge in [-0.1, -0.05) is 55.8 Å². The first-order valence-electron chi connectivity index (χ1n) is 14.4. The Hall–Kier alpha value is -1.18. The average molecular weight is 538 g/mol. The molecule has 0 aromatic heterocycles. The molecule has 0 radical (unpaired) electrons. The number of hydrogen-bond acceptors (Lipinski definition) is 5. The maximum Gasteiger partial charge on any atom is 0.207 e. The fourth-order valence-corrected chi connectivity index (χ4v) is 6.32. The van der Waals surface area contributed by atoms with Gasteiger partial charge >= 0.3 is 0 Å². The van der Waals surface area contributed by atoms with Crippen LogP contribution in [0.5, 0.6) is 0 Å². The number of carbonyl (C=O) groups excluding carboxylic acids is 1. The van der Waals surface area contributed by atoms with Crippen molar-refractivity contribution in [2.75, 3.05) is 47.4 Å². The number of hydrogen-bond donors (Lipinski definition) is 3. The molecule has 4 atom stereocenters. The second kappa shape index (κ2) is 19.0. The number of unbranched alkanes of at least 4 members (excludes halogenated alkanes) is 2. The van der Waals surface area contributed by atoms with Gasteiger partial charge < -0.3 is 25.4 Å². The number of nitrogens with one attached hydrogen (secondary N) is 2. The molecule has 0 bridgehead atoms. The van der Waals surface area contributed by atoms with Crippen molar-refractivity contribution in [1.82, 2.24) is 15.5 Å². The summed E-state index contributed by atoms with van der Waals surface area (Å²) in [5, 5.41) is 16.7. The molecule has 1 amide bonds. The van der Waals surface area contributed by atoms with Gasteiger partial charge in [-0.15, -0.1) is 0 Å². The van der Waals surface area contributed by atoms with Crippen LogP contribution >= 0.6 is 11.6 Å². The standard InChI is InChI=1S/C19H30ClNO.C11H22N2O2/c1-21-12-7-9-17(15-21)19(11-4-3-5-13-22-2)16-8-6-10-18(20)14-16;1-12-7-10(13-8-14)11(15)9-5-3-2-4-6-9/h6,8,10,14,17,19H,3-5,7,9,11-13,15H2,1-2H3;8-12,15H,2-7H2,1H3,(H,13,14). The summed E-state index contributed by atoms with van der Waals surface area (Å²) in [6.45, 7) is 3.96. The minimum absolute atomic E-state index is 0.157. The molecular formula is C30H52ClN3O3. The van der Waals surface area contributed by atoms with Gasteiger partial charge in [0.25, 0.3) is 0 Å². The van der Waals surface area contributed by atoms with Gasteiger partial charge in [0.15, 0.2) is 0 Å². The molecule has 7 heteroatoms. The predicted octanol–water partition coefficient (Wildman–Crippen LogP) is 5.23. The second-order valence-electron chi connectivity index (χ2n) is 11.0. The summed E-state index contributed by atoms with van der Waals surface area (Å²) < 4.78 is 5.16. The number of methoxy groups -OCH3 is 1. The van der Waals surface area contributed by atoms with Gasteiger partial charge in [-0.2, -0.15) is 0 Å². The van der Waals surface area contributed by atoms with Crippen molar-refractivity contribution in [2.45, 2.75) is 88.7 Å². The second-order valence-corrected chi connectivity index (χ2v) is 11.4. The van der Waals surface area contributed by atoms with Crippen molar-refractivity contribution >= 4 is 18.0 Å². The number of piperidine rings is 1. The van der Waals surface area contributed by atoms with Crippen molar-refractivity contribution in [3.63, 3.8) is 0 Å². The molecule has 4 unspecified atom stereocenters. The van der Waals surface area contributed by atoms with E-state index in [1.807, 2.05) is 13.1 Å². The first kappa shape index (κ1) is 32.0. The fourth-order valence-electron chi connectivity index (χ4n) is 6.12. The van der Waals surface area contributed by atoms with Gasteiger partial charge in [0, 0.05) is 31.8 Å². The smallest absolute Gasteiger partial charge is 0.207 e. The summed E-state index contributed by atoms with van der Waals surface area (Å²) in [4.78, 5) is 12.9. The number of carbonyl (C=O) groups is 1. The van der Waals surface area contributed by atoms with Gasteiger partial charge in [0.2, 0.25) is 6.41 Å². The lowest BCUT2D eigenvalue weighted by molar-refractivity contribution is -0.111. The van der Waals surface area contributed by atoms with Crippen LogP contribution in [0.1, 0.15) is 82.1 Å². The molecule has 3 rings (SSSR count). The molecule has 2 aliphatic rings. The first-order valence-corrected chi connectivity index (χ1v) is 14.8. The average Bonchev–Trinajstić information content (AvgIpc) is 2.91. The van der Waals surface area contributed by atoms with E-state index in [0.717, 1.165) is 30.4 Å². The number of ether oxygens (including phenoxy) is 1. The van der Waals surface area contributed by atoms with Crippen LogP contribution in [-0.4, -0.2) is 76.0 Å². The Morgan fingerprint density at radius 2 is 1.89 bits per heavy atom. The van der Waals surface area contributed by atoms with Crippen LogP contribution in [0.2, 0.25) is 5.02 Å². The molecule has 212 valence electrons. The molecule has 1 saturated carbocycles. The maximum atomic E-state index is 10.4. The number of halogens is 1. The normalized spacial score (nSPS) is 21.4. The number of rotatable bonds is 14. The van der Waals surface area contributed by atoms with E-state index in [-0.39, 0.29) is 6.04 Å². The number of benzene rings is 1. The minimum Gasteiger partial charge on any atom is -0.391 e. The van der Waals surface area contributed by atoms with Gasteiger partial charge in [0.1, 0.15) is 0 Å². The van der Waals surface area contributed by atoms with Gasteiger partial charge in [-0.25, -0.2) is 0 Å². The topological polar surface area (TPSA) is 73.8 Å². The molecule has 1 heterocycles. The molecule has 1 aromatic rings. The van der Waals surface area contributed by atoms with E-state index < -0.39 is 6.10 Å². The highest BCUT2D eigenvalue weighted by Crippen LogP contribution is 2.36. The van der Waals surface area contributed by atoms with Crippen molar-refractivity contribution in [1.29, 1.82) is 0 Å². The van der Waals surface area contributed by atoms with E-state index >= 15 is 0 Å². The highest BCUT2D eigenvalue weighted by atomic mass is 35.5. The maximum absolute atomic E-state index is 10.4. The van der Waals surface area contributed by atoms with E-state index in [9.17, 15) is 9.90 Å². The third-order valence-electron chi connectivity index (χ3n) is 8.12. The predicted molar refractivity (Wildman–Crippen MR) is 154 cm³/mol. The van der Waals surface area contributed by atoms with Crippen LogP contribution < -0.4 is 10.6 Å². The monoisotopic (exact) mass is 537 g/mol. The Kier molecular flexibility index (Phi) is 16.4. The Bertz CT molecular complexity index is 732. The molecule has 0 spiro atoms. The quantitative estimate of drug-likeness (QED) is 0.224. The van der Waals surface area contributed by atoms with E-state index in [2.05, 4.69) is 40.8 Å². The van der Waals surface area contributed by atoms with E-state index in [1.165, 1.54) is 76.4 Å². The van der Waals surface area contributed by atoms with Crippen LogP contribution in [0.25, 0.3) is 0 Å². The summed E-state index contributed by atoms with van der Waals surface area (Å²) in [5.74, 6) is 1.76. The van der Waals surface area contributed by atoms with Gasteiger partial charge in [-0.05, 0) is 94.6 Å².